The predicted octanol–water partition coefficient (Wildman–Crippen LogP) is 4.71. The molecule has 2 aromatic carbocycles. The summed E-state index contributed by atoms with van der Waals surface area (Å²) in [5.41, 5.74) is 3.84. The van der Waals surface area contributed by atoms with Crippen LogP contribution in [0.3, 0.4) is 0 Å². The largest absolute Gasteiger partial charge is 0.355 e. The summed E-state index contributed by atoms with van der Waals surface area (Å²) in [6.45, 7) is 2.00. The molecule has 31 heavy (non-hydrogen) atoms. The number of aromatic nitrogens is 1. The first kappa shape index (κ1) is 20.9. The van der Waals surface area contributed by atoms with Crippen molar-refractivity contribution in [1.29, 1.82) is 0 Å². The van der Waals surface area contributed by atoms with Crippen LogP contribution in [-0.2, 0) is 4.79 Å². The molecule has 2 heterocycles. The molecule has 0 aliphatic carbocycles. The smallest absolute Gasteiger partial charge is 0.252 e. The van der Waals surface area contributed by atoms with Gasteiger partial charge < -0.3 is 16.0 Å². The van der Waals surface area contributed by atoms with E-state index >= 15 is 0 Å². The van der Waals surface area contributed by atoms with Gasteiger partial charge in [-0.2, -0.15) is 0 Å². The Bertz CT molecular complexity index is 1130. The maximum absolute atomic E-state index is 13.3. The zero-order chi connectivity index (χ0) is 21.8. The van der Waals surface area contributed by atoms with Gasteiger partial charge in [-0.05, 0) is 48.4 Å². The van der Waals surface area contributed by atoms with E-state index in [1.165, 1.54) is 6.20 Å². The van der Waals surface area contributed by atoms with E-state index in [1.807, 2.05) is 49.4 Å². The number of carbonyl (C=O) groups is 2. The van der Waals surface area contributed by atoms with Crippen LogP contribution in [0, 0.1) is 6.92 Å². The quantitative estimate of drug-likeness (QED) is 0.544. The first-order valence-corrected chi connectivity index (χ1v) is 11.1. The number of hydrogen-bond donors (Lipinski definition) is 3. The van der Waals surface area contributed by atoms with Gasteiger partial charge >= 0.3 is 0 Å². The van der Waals surface area contributed by atoms with Gasteiger partial charge in [0.25, 0.3) is 5.91 Å². The second kappa shape index (κ2) is 9.22. The van der Waals surface area contributed by atoms with E-state index < -0.39 is 0 Å². The molecule has 0 spiro atoms. The number of fused-ring (bicyclic) bond motifs is 1. The topological polar surface area (TPSA) is 83.1 Å². The predicted molar refractivity (Wildman–Crippen MR) is 125 cm³/mol. The van der Waals surface area contributed by atoms with Gasteiger partial charge in [-0.1, -0.05) is 36.4 Å². The number of nitrogens with one attached hydrogen (secondary N) is 3. The molecule has 0 fully saturated rings. The van der Waals surface area contributed by atoms with Crippen molar-refractivity contribution in [3.63, 3.8) is 0 Å². The van der Waals surface area contributed by atoms with Gasteiger partial charge in [0.2, 0.25) is 5.91 Å². The summed E-state index contributed by atoms with van der Waals surface area (Å²) in [6, 6.07) is 17.5. The summed E-state index contributed by atoms with van der Waals surface area (Å²) < 4.78 is 0. The Morgan fingerprint density at radius 1 is 1.06 bits per heavy atom. The Balaban J connectivity index is 1.66. The number of thioether (sulfide) groups is 1. The Kier molecular flexibility index (Phi) is 6.23. The van der Waals surface area contributed by atoms with Gasteiger partial charge in [0.1, 0.15) is 0 Å². The molecule has 7 heteroatoms. The van der Waals surface area contributed by atoms with E-state index in [1.54, 1.807) is 24.9 Å². The average Bonchev–Trinajstić information content (AvgIpc) is 2.80. The maximum atomic E-state index is 13.3. The van der Waals surface area contributed by atoms with Crippen LogP contribution in [0.15, 0.2) is 65.7 Å². The van der Waals surface area contributed by atoms with E-state index in [9.17, 15) is 9.59 Å². The fraction of sp³-hybridized carbons (Fsp3) is 0.208. The van der Waals surface area contributed by atoms with Gasteiger partial charge in [0.05, 0.1) is 17.2 Å². The Morgan fingerprint density at radius 3 is 2.65 bits per heavy atom. The number of anilines is 3. The lowest BCUT2D eigenvalue weighted by molar-refractivity contribution is -0.117. The van der Waals surface area contributed by atoms with Crippen LogP contribution in [0.25, 0.3) is 0 Å². The zero-order valence-corrected chi connectivity index (χ0v) is 18.3. The minimum absolute atomic E-state index is 0.101. The monoisotopic (exact) mass is 432 g/mol. The minimum atomic E-state index is -0.259. The lowest BCUT2D eigenvalue weighted by Gasteiger charge is -2.24. The molecular formula is C24H24N4O2S. The lowest BCUT2D eigenvalue weighted by atomic mass is 9.95. The van der Waals surface area contributed by atoms with E-state index in [4.69, 9.17) is 0 Å². The van der Waals surface area contributed by atoms with Crippen LogP contribution in [0.1, 0.15) is 33.8 Å². The molecule has 4 rings (SSSR count). The van der Waals surface area contributed by atoms with Crippen molar-refractivity contribution in [3.05, 3.63) is 77.5 Å². The Morgan fingerprint density at radius 2 is 1.84 bits per heavy atom. The van der Waals surface area contributed by atoms with E-state index in [0.29, 0.717) is 17.1 Å². The fourth-order valence-corrected chi connectivity index (χ4v) is 4.73. The number of nitrogens with zero attached hydrogens (tertiary/aromatic N) is 1. The minimum Gasteiger partial charge on any atom is -0.355 e. The highest BCUT2D eigenvalue weighted by Crippen LogP contribution is 2.38. The number of hydrogen-bond acceptors (Lipinski definition) is 5. The molecule has 0 radical (unpaired) electrons. The molecular weight excluding hydrogens is 408 g/mol. The molecule has 1 unspecified atom stereocenters. The molecule has 0 saturated heterocycles. The summed E-state index contributed by atoms with van der Waals surface area (Å²) >= 11 is 1.77. The third-order valence-electron chi connectivity index (χ3n) is 5.31. The second-order valence-electron chi connectivity index (χ2n) is 7.36. The number of benzene rings is 2. The second-order valence-corrected chi connectivity index (χ2v) is 8.49. The van der Waals surface area contributed by atoms with Crippen molar-refractivity contribution in [3.8, 4) is 0 Å². The Hall–Kier alpha value is -3.32. The van der Waals surface area contributed by atoms with Crippen LogP contribution < -0.4 is 16.0 Å². The molecule has 0 bridgehead atoms. The summed E-state index contributed by atoms with van der Waals surface area (Å²) in [7, 11) is 1.57. The molecule has 3 aromatic rings. The van der Waals surface area contributed by atoms with Crippen molar-refractivity contribution >= 4 is 40.8 Å². The van der Waals surface area contributed by atoms with Gasteiger partial charge in [-0.25, -0.2) is 4.98 Å². The van der Waals surface area contributed by atoms with Crippen molar-refractivity contribution in [2.24, 2.45) is 0 Å². The van der Waals surface area contributed by atoms with Crippen LogP contribution in [0.2, 0.25) is 0 Å². The van der Waals surface area contributed by atoms with Crippen molar-refractivity contribution < 1.29 is 9.59 Å². The van der Waals surface area contributed by atoms with Crippen LogP contribution in [-0.4, -0.2) is 29.6 Å². The fourth-order valence-electron chi connectivity index (χ4n) is 3.60. The van der Waals surface area contributed by atoms with Gasteiger partial charge in [-0.15, -0.1) is 11.8 Å². The first-order valence-electron chi connectivity index (χ1n) is 10.1. The van der Waals surface area contributed by atoms with Gasteiger partial charge in [0.15, 0.2) is 5.82 Å². The lowest BCUT2D eigenvalue weighted by Crippen LogP contribution is -2.25. The normalized spacial score (nSPS) is 15.0. The number of para-hydroxylation sites is 1. The zero-order valence-electron chi connectivity index (χ0n) is 17.4. The summed E-state index contributed by atoms with van der Waals surface area (Å²) in [6.07, 6.45) is 2.26. The van der Waals surface area contributed by atoms with Crippen molar-refractivity contribution in [2.45, 2.75) is 24.2 Å². The van der Waals surface area contributed by atoms with Crippen LogP contribution >= 0.6 is 11.8 Å². The maximum Gasteiger partial charge on any atom is 0.252 e. The summed E-state index contributed by atoms with van der Waals surface area (Å²) in [4.78, 5) is 31.0. The van der Waals surface area contributed by atoms with Crippen molar-refractivity contribution in [1.82, 2.24) is 10.3 Å². The standard InChI is InChI=1S/C24H24N4O2S/c1-15-7-3-5-9-19(15)27-22-20(13-16(14-26-22)23(29)25-2)28-24(30)18-11-12-31-21-10-6-4-8-17(18)21/h3-10,13-14,18H,11-12H2,1-2H3,(H,25,29)(H,26,27)(H,28,30). The van der Waals surface area contributed by atoms with E-state index in [-0.39, 0.29) is 17.7 Å². The molecule has 158 valence electrons. The third-order valence-corrected chi connectivity index (χ3v) is 6.43. The SMILES string of the molecule is CNC(=O)c1cnc(Nc2ccccc2C)c(NC(=O)C2CCSc3ccccc32)c1. The molecule has 1 aliphatic rings. The highest BCUT2D eigenvalue weighted by atomic mass is 32.2. The number of pyridine rings is 1. The number of aryl methyl sites for hydroxylation is 1. The van der Waals surface area contributed by atoms with Crippen molar-refractivity contribution in [2.75, 3.05) is 23.4 Å². The molecule has 6 nitrogen and oxygen atoms in total. The molecule has 1 atom stereocenters. The molecule has 1 aliphatic heterocycles. The van der Waals surface area contributed by atoms with Crippen LogP contribution in [0.5, 0.6) is 0 Å². The summed E-state index contributed by atoms with van der Waals surface area (Å²) in [5, 5.41) is 8.92. The average molecular weight is 433 g/mol. The number of rotatable bonds is 5. The molecule has 1 aromatic heterocycles. The summed E-state index contributed by atoms with van der Waals surface area (Å²) in [5.74, 6) is 0.780. The van der Waals surface area contributed by atoms with Crippen LogP contribution in [0.4, 0.5) is 17.2 Å². The number of amides is 2. The highest BCUT2D eigenvalue weighted by Gasteiger charge is 2.27. The molecule has 3 N–H and O–H groups in total. The van der Waals surface area contributed by atoms with Gasteiger partial charge in [-0.3, -0.25) is 9.59 Å². The van der Waals surface area contributed by atoms with E-state index in [2.05, 4.69) is 27.0 Å². The highest BCUT2D eigenvalue weighted by molar-refractivity contribution is 7.99. The van der Waals surface area contributed by atoms with Gasteiger partial charge in [0, 0.05) is 23.8 Å². The molecule has 2 amide bonds. The first-order chi connectivity index (χ1) is 15.1. The van der Waals surface area contributed by atoms with E-state index in [0.717, 1.165) is 33.9 Å². The Labute approximate surface area is 185 Å². The number of carbonyl (C=O) groups excluding carboxylic acids is 2. The molecule has 0 saturated carbocycles. The third kappa shape index (κ3) is 4.56.